The monoisotopic (exact) mass is 438 g/mol. The highest BCUT2D eigenvalue weighted by atomic mass is 35.5. The van der Waals surface area contributed by atoms with Gasteiger partial charge < -0.3 is 0 Å². The molecule has 0 aliphatic heterocycles. The van der Waals surface area contributed by atoms with Crippen LogP contribution in [0, 0.1) is 6.92 Å². The summed E-state index contributed by atoms with van der Waals surface area (Å²) in [6, 6.07) is 3.91. The number of nitrogens with one attached hydrogen (secondary N) is 1. The molecule has 0 unspecified atom stereocenters. The van der Waals surface area contributed by atoms with Crippen molar-refractivity contribution in [3.8, 4) is 0 Å². The summed E-state index contributed by atoms with van der Waals surface area (Å²) in [7, 11) is -3.92. The Morgan fingerprint density at radius 1 is 1.28 bits per heavy atom. The summed E-state index contributed by atoms with van der Waals surface area (Å²) < 4.78 is 27.1. The molecule has 0 saturated heterocycles. The number of nitrogens with zero attached hydrogens (tertiary/aromatic N) is 1. The Kier molecular flexibility index (Phi) is 6.50. The first-order valence-electron chi connectivity index (χ1n) is 6.72. The van der Waals surface area contributed by atoms with Gasteiger partial charge in [0.15, 0.2) is 16.0 Å². The van der Waals surface area contributed by atoms with Crippen LogP contribution in [0.5, 0.6) is 0 Å². The van der Waals surface area contributed by atoms with Crippen molar-refractivity contribution in [2.45, 2.75) is 18.7 Å². The third kappa shape index (κ3) is 5.18. The van der Waals surface area contributed by atoms with Crippen LogP contribution in [-0.2, 0) is 14.8 Å². The van der Waals surface area contributed by atoms with Crippen molar-refractivity contribution in [3.63, 3.8) is 0 Å². The number of thioether (sulfide) groups is 1. The van der Waals surface area contributed by atoms with Crippen molar-refractivity contribution < 1.29 is 18.0 Å². The van der Waals surface area contributed by atoms with Crippen LogP contribution >= 0.6 is 46.3 Å². The van der Waals surface area contributed by atoms with Crippen LogP contribution in [-0.4, -0.2) is 30.1 Å². The lowest BCUT2D eigenvalue weighted by Crippen LogP contribution is -2.12. The smallest absolute Gasteiger partial charge is 0.263 e. The number of hydrogen-bond acceptors (Lipinski definition) is 7. The molecule has 25 heavy (non-hydrogen) atoms. The van der Waals surface area contributed by atoms with Gasteiger partial charge in [-0.2, -0.15) is 0 Å². The van der Waals surface area contributed by atoms with E-state index in [-0.39, 0.29) is 36.7 Å². The second kappa shape index (κ2) is 8.05. The largest absolute Gasteiger partial charge is 0.292 e. The van der Waals surface area contributed by atoms with Gasteiger partial charge in [0.1, 0.15) is 0 Å². The number of hydrogen-bond donors (Lipinski definition) is 1. The summed E-state index contributed by atoms with van der Waals surface area (Å²) in [5.74, 6) is -0.299. The highest BCUT2D eigenvalue weighted by Crippen LogP contribution is 2.29. The minimum absolute atomic E-state index is 0.0165. The molecule has 0 aliphatic rings. The van der Waals surface area contributed by atoms with Gasteiger partial charge in [0, 0.05) is 6.92 Å². The number of ketones is 1. The minimum atomic E-state index is -3.92. The van der Waals surface area contributed by atoms with E-state index < -0.39 is 10.0 Å². The van der Waals surface area contributed by atoms with Gasteiger partial charge in [0.2, 0.25) is 0 Å². The van der Waals surface area contributed by atoms with E-state index >= 15 is 0 Å². The number of anilines is 1. The maximum absolute atomic E-state index is 12.4. The van der Waals surface area contributed by atoms with Crippen LogP contribution in [0.3, 0.4) is 0 Å². The van der Waals surface area contributed by atoms with E-state index in [2.05, 4.69) is 9.71 Å². The van der Waals surface area contributed by atoms with Gasteiger partial charge >= 0.3 is 0 Å². The summed E-state index contributed by atoms with van der Waals surface area (Å²) in [5, 5.41) is 0.231. The number of thiazole rings is 1. The maximum atomic E-state index is 12.4. The van der Waals surface area contributed by atoms with Crippen LogP contribution in [0.25, 0.3) is 0 Å². The van der Waals surface area contributed by atoms with Crippen molar-refractivity contribution in [2.24, 2.45) is 0 Å². The number of rotatable bonds is 6. The average Bonchev–Trinajstić information content (AvgIpc) is 2.87. The van der Waals surface area contributed by atoms with Crippen LogP contribution < -0.4 is 4.72 Å². The molecule has 11 heteroatoms. The number of carbonyl (C=O) groups excluding carboxylic acids is 2. The van der Waals surface area contributed by atoms with Crippen molar-refractivity contribution >= 4 is 72.4 Å². The highest BCUT2D eigenvalue weighted by molar-refractivity contribution is 8.14. The Balaban J connectivity index is 2.22. The van der Waals surface area contributed by atoms with Gasteiger partial charge in [-0.05, 0) is 25.1 Å². The summed E-state index contributed by atoms with van der Waals surface area (Å²) >= 11 is 13.4. The van der Waals surface area contributed by atoms with Crippen molar-refractivity contribution in [1.82, 2.24) is 4.98 Å². The predicted octanol–water partition coefficient (Wildman–Crippen LogP) is 4.02. The lowest BCUT2D eigenvalue weighted by molar-refractivity contribution is -0.109. The number of halogens is 2. The van der Waals surface area contributed by atoms with Gasteiger partial charge in [0.25, 0.3) is 10.0 Å². The van der Waals surface area contributed by atoms with Gasteiger partial charge in [-0.25, -0.2) is 13.4 Å². The summed E-state index contributed by atoms with van der Waals surface area (Å²) in [6.45, 7) is 2.97. The molecule has 1 aromatic carbocycles. The first kappa shape index (κ1) is 20.2. The number of aryl methyl sites for hydroxylation is 1. The third-order valence-electron chi connectivity index (χ3n) is 2.88. The zero-order chi connectivity index (χ0) is 18.8. The topological polar surface area (TPSA) is 93.2 Å². The quantitative estimate of drug-likeness (QED) is 0.684. The summed E-state index contributed by atoms with van der Waals surface area (Å²) in [5.41, 5.74) is 0.394. The molecular weight excluding hydrogens is 427 g/mol. The molecule has 1 N–H and O–H groups in total. The Morgan fingerprint density at radius 2 is 1.96 bits per heavy atom. The molecule has 134 valence electrons. The fourth-order valence-electron chi connectivity index (χ4n) is 1.75. The van der Waals surface area contributed by atoms with Crippen molar-refractivity contribution in [3.05, 3.63) is 38.8 Å². The van der Waals surface area contributed by atoms with E-state index in [0.717, 1.165) is 23.1 Å². The molecule has 1 heterocycles. The standard InChI is InChI=1S/C14H12Cl2N2O4S3/c1-7-13(12(20)6-23-8(2)19)24-14(17-7)18-25(21,22)9-3-4-10(15)11(16)5-9/h3-5H,6H2,1-2H3,(H,17,18). The molecule has 0 spiro atoms. The fraction of sp³-hybridized carbons (Fsp3) is 0.214. The lowest BCUT2D eigenvalue weighted by Gasteiger charge is -2.06. The van der Waals surface area contributed by atoms with Gasteiger partial charge in [0.05, 0.1) is 31.3 Å². The molecule has 1 aromatic heterocycles. The fourth-order valence-corrected chi connectivity index (χ4v) is 4.85. The Morgan fingerprint density at radius 3 is 2.56 bits per heavy atom. The van der Waals surface area contributed by atoms with Crippen LogP contribution in [0.4, 0.5) is 5.13 Å². The van der Waals surface area contributed by atoms with E-state index in [4.69, 9.17) is 23.2 Å². The summed E-state index contributed by atoms with van der Waals surface area (Å²) in [4.78, 5) is 27.3. The molecule has 2 rings (SSSR count). The number of aromatic nitrogens is 1. The Bertz CT molecular complexity index is 942. The zero-order valence-corrected chi connectivity index (χ0v) is 17.0. The summed E-state index contributed by atoms with van der Waals surface area (Å²) in [6.07, 6.45) is 0. The van der Waals surface area contributed by atoms with E-state index in [1.54, 1.807) is 6.92 Å². The van der Waals surface area contributed by atoms with E-state index in [1.807, 2.05) is 0 Å². The minimum Gasteiger partial charge on any atom is -0.292 e. The van der Waals surface area contributed by atoms with Crippen LogP contribution in [0.1, 0.15) is 22.3 Å². The Labute approximate surface area is 163 Å². The molecule has 0 fully saturated rings. The average molecular weight is 439 g/mol. The van der Waals surface area contributed by atoms with Crippen molar-refractivity contribution in [1.29, 1.82) is 0 Å². The van der Waals surface area contributed by atoms with E-state index in [9.17, 15) is 18.0 Å². The molecule has 0 aliphatic carbocycles. The van der Waals surface area contributed by atoms with Crippen molar-refractivity contribution in [2.75, 3.05) is 10.5 Å². The van der Waals surface area contributed by atoms with Crippen LogP contribution in [0.15, 0.2) is 23.1 Å². The van der Waals surface area contributed by atoms with E-state index in [1.165, 1.54) is 25.1 Å². The normalized spacial score (nSPS) is 11.4. The lowest BCUT2D eigenvalue weighted by atomic mass is 10.3. The Hall–Kier alpha value is -1.13. The molecule has 0 atom stereocenters. The second-order valence-electron chi connectivity index (χ2n) is 4.82. The highest BCUT2D eigenvalue weighted by Gasteiger charge is 2.21. The first-order valence-corrected chi connectivity index (χ1v) is 10.8. The first-order chi connectivity index (χ1) is 11.6. The molecule has 0 saturated carbocycles. The van der Waals surface area contributed by atoms with Crippen LogP contribution in [0.2, 0.25) is 10.0 Å². The molecular formula is C14H12Cl2N2O4S3. The third-order valence-corrected chi connectivity index (χ3v) is 7.01. The van der Waals surface area contributed by atoms with Gasteiger partial charge in [-0.1, -0.05) is 46.3 Å². The van der Waals surface area contributed by atoms with E-state index in [0.29, 0.717) is 10.6 Å². The second-order valence-corrected chi connectivity index (χ2v) is 9.47. The van der Waals surface area contributed by atoms with Gasteiger partial charge in [-0.3, -0.25) is 14.3 Å². The maximum Gasteiger partial charge on any atom is 0.263 e. The number of sulfonamides is 1. The predicted molar refractivity (Wildman–Crippen MR) is 102 cm³/mol. The van der Waals surface area contributed by atoms with Gasteiger partial charge in [-0.15, -0.1) is 0 Å². The number of carbonyl (C=O) groups is 2. The zero-order valence-electron chi connectivity index (χ0n) is 13.0. The molecule has 0 bridgehead atoms. The number of benzene rings is 1. The molecule has 2 aromatic rings. The SMILES string of the molecule is CC(=O)SCC(=O)c1sc(NS(=O)(=O)c2ccc(Cl)c(Cl)c2)nc1C. The molecule has 6 nitrogen and oxygen atoms in total. The molecule has 0 amide bonds. The molecule has 0 radical (unpaired) electrons. The number of Topliss-reactive ketones (excluding diaryl/α,β-unsaturated/α-hetero) is 1.